The zero-order valence-corrected chi connectivity index (χ0v) is 17.3. The van der Waals surface area contributed by atoms with Crippen LogP contribution in [0, 0.1) is 0 Å². The Bertz CT molecular complexity index is 798. The number of thiocarbonyl (C=S) groups is 1. The smallest absolute Gasteiger partial charge is 0.329 e. The molecule has 0 radical (unpaired) electrons. The SMILES string of the molecule is COC(=O)C(CSCc1ccccc1)NC(=S)NC(=O)c1ccc(OC)cc1. The maximum absolute atomic E-state index is 12.3. The lowest BCUT2D eigenvalue weighted by Crippen LogP contribution is -2.49. The molecule has 148 valence electrons. The molecular weight excluding hydrogens is 396 g/mol. The van der Waals surface area contributed by atoms with Crippen LogP contribution in [0.4, 0.5) is 0 Å². The minimum Gasteiger partial charge on any atom is -0.497 e. The average molecular weight is 419 g/mol. The van der Waals surface area contributed by atoms with Crippen LogP contribution in [-0.2, 0) is 15.3 Å². The fraction of sp³-hybridized carbons (Fsp3) is 0.250. The van der Waals surface area contributed by atoms with Crippen LogP contribution in [0.3, 0.4) is 0 Å². The summed E-state index contributed by atoms with van der Waals surface area (Å²) in [5.74, 6) is 1.03. The van der Waals surface area contributed by atoms with Crippen molar-refractivity contribution < 1.29 is 19.1 Å². The maximum atomic E-state index is 12.3. The Kier molecular flexibility index (Phi) is 8.77. The lowest BCUT2D eigenvalue weighted by atomic mass is 10.2. The largest absolute Gasteiger partial charge is 0.497 e. The van der Waals surface area contributed by atoms with Crippen molar-refractivity contribution in [1.82, 2.24) is 10.6 Å². The van der Waals surface area contributed by atoms with Crippen LogP contribution in [0.15, 0.2) is 54.6 Å². The number of carbonyl (C=O) groups is 2. The van der Waals surface area contributed by atoms with Crippen molar-refractivity contribution in [2.24, 2.45) is 0 Å². The quantitative estimate of drug-likeness (QED) is 0.504. The van der Waals surface area contributed by atoms with Crippen LogP contribution < -0.4 is 15.4 Å². The zero-order chi connectivity index (χ0) is 20.4. The minimum atomic E-state index is -0.664. The number of benzene rings is 2. The molecule has 2 aromatic rings. The lowest BCUT2D eigenvalue weighted by Gasteiger charge is -2.18. The number of thioether (sulfide) groups is 1. The first-order valence-corrected chi connectivity index (χ1v) is 10.0. The highest BCUT2D eigenvalue weighted by Crippen LogP contribution is 2.14. The average Bonchev–Trinajstić information content (AvgIpc) is 2.73. The Balaban J connectivity index is 1.88. The van der Waals surface area contributed by atoms with Gasteiger partial charge in [0.15, 0.2) is 5.11 Å². The number of hydrogen-bond acceptors (Lipinski definition) is 6. The number of esters is 1. The Morgan fingerprint density at radius 3 is 2.36 bits per heavy atom. The molecule has 0 aliphatic rings. The van der Waals surface area contributed by atoms with Gasteiger partial charge in [-0.1, -0.05) is 30.3 Å². The Labute approximate surface area is 174 Å². The van der Waals surface area contributed by atoms with E-state index in [-0.39, 0.29) is 11.0 Å². The summed E-state index contributed by atoms with van der Waals surface area (Å²) in [5.41, 5.74) is 1.59. The summed E-state index contributed by atoms with van der Waals surface area (Å²) in [5, 5.41) is 5.50. The van der Waals surface area contributed by atoms with Gasteiger partial charge < -0.3 is 14.8 Å². The molecule has 0 aromatic heterocycles. The molecule has 0 spiro atoms. The number of rotatable bonds is 8. The van der Waals surface area contributed by atoms with Gasteiger partial charge in [0.1, 0.15) is 11.8 Å². The summed E-state index contributed by atoms with van der Waals surface area (Å²) in [6, 6.07) is 15.9. The molecule has 2 rings (SSSR count). The molecule has 0 aliphatic heterocycles. The van der Waals surface area contributed by atoms with Gasteiger partial charge in [-0.15, -0.1) is 0 Å². The topological polar surface area (TPSA) is 76.7 Å². The van der Waals surface area contributed by atoms with Gasteiger partial charge in [0.25, 0.3) is 5.91 Å². The van der Waals surface area contributed by atoms with E-state index in [4.69, 9.17) is 21.7 Å². The minimum absolute atomic E-state index is 0.0662. The second-order valence-corrected chi connectivity index (χ2v) is 7.17. The van der Waals surface area contributed by atoms with E-state index in [1.165, 1.54) is 7.11 Å². The molecule has 0 saturated heterocycles. The second-order valence-electron chi connectivity index (χ2n) is 5.73. The summed E-state index contributed by atoms with van der Waals surface area (Å²) < 4.78 is 9.90. The van der Waals surface area contributed by atoms with Gasteiger partial charge in [0, 0.05) is 17.1 Å². The van der Waals surface area contributed by atoms with Crippen LogP contribution >= 0.6 is 24.0 Å². The Hall–Kier alpha value is -2.58. The molecule has 0 bridgehead atoms. The van der Waals surface area contributed by atoms with Gasteiger partial charge >= 0.3 is 5.97 Å². The Morgan fingerprint density at radius 1 is 1.07 bits per heavy atom. The van der Waals surface area contributed by atoms with E-state index in [0.717, 1.165) is 11.3 Å². The number of hydrogen-bond donors (Lipinski definition) is 2. The molecule has 2 aromatic carbocycles. The van der Waals surface area contributed by atoms with Crippen molar-refractivity contribution >= 4 is 41.0 Å². The molecule has 1 unspecified atom stereocenters. The van der Waals surface area contributed by atoms with Crippen molar-refractivity contribution in [3.05, 3.63) is 65.7 Å². The van der Waals surface area contributed by atoms with Crippen LogP contribution in [0.5, 0.6) is 5.75 Å². The van der Waals surface area contributed by atoms with Gasteiger partial charge in [-0.3, -0.25) is 10.1 Å². The number of ether oxygens (including phenoxy) is 2. The number of carbonyl (C=O) groups excluding carboxylic acids is 2. The van der Waals surface area contributed by atoms with Crippen molar-refractivity contribution in [1.29, 1.82) is 0 Å². The van der Waals surface area contributed by atoms with Crippen LogP contribution in [0.25, 0.3) is 0 Å². The van der Waals surface area contributed by atoms with Gasteiger partial charge in [-0.25, -0.2) is 4.79 Å². The van der Waals surface area contributed by atoms with E-state index in [1.54, 1.807) is 43.1 Å². The molecule has 28 heavy (non-hydrogen) atoms. The van der Waals surface area contributed by atoms with Gasteiger partial charge in [-0.05, 0) is 42.0 Å². The van der Waals surface area contributed by atoms with E-state index >= 15 is 0 Å². The summed E-state index contributed by atoms with van der Waals surface area (Å²) >= 11 is 6.75. The van der Waals surface area contributed by atoms with Gasteiger partial charge in [-0.2, -0.15) is 11.8 Å². The van der Waals surface area contributed by atoms with Crippen molar-refractivity contribution in [3.8, 4) is 5.75 Å². The maximum Gasteiger partial charge on any atom is 0.329 e. The highest BCUT2D eigenvalue weighted by atomic mass is 32.2. The Morgan fingerprint density at radius 2 is 1.75 bits per heavy atom. The summed E-state index contributed by atoms with van der Waals surface area (Å²) in [4.78, 5) is 24.3. The van der Waals surface area contributed by atoms with E-state index in [0.29, 0.717) is 17.1 Å². The third kappa shape index (κ3) is 6.86. The standard InChI is InChI=1S/C20H22N2O4S2/c1-25-16-10-8-15(9-11-16)18(23)22-20(27)21-17(19(24)26-2)13-28-12-14-6-4-3-5-7-14/h3-11,17H,12-13H2,1-2H3,(H2,21,22,23,27). The molecule has 1 atom stereocenters. The molecule has 0 aliphatic carbocycles. The summed E-state index contributed by atoms with van der Waals surface area (Å²) in [6.07, 6.45) is 0. The highest BCUT2D eigenvalue weighted by molar-refractivity contribution is 7.98. The van der Waals surface area contributed by atoms with Crippen molar-refractivity contribution in [2.75, 3.05) is 20.0 Å². The third-order valence-electron chi connectivity index (χ3n) is 3.77. The van der Waals surface area contributed by atoms with Gasteiger partial charge in [0.2, 0.25) is 0 Å². The molecule has 6 nitrogen and oxygen atoms in total. The van der Waals surface area contributed by atoms with Crippen LogP contribution in [0.2, 0.25) is 0 Å². The number of methoxy groups -OCH3 is 2. The number of nitrogens with one attached hydrogen (secondary N) is 2. The molecular formula is C20H22N2O4S2. The van der Waals surface area contributed by atoms with Crippen molar-refractivity contribution in [2.45, 2.75) is 11.8 Å². The van der Waals surface area contributed by atoms with Gasteiger partial charge in [0.05, 0.1) is 14.2 Å². The fourth-order valence-corrected chi connectivity index (χ4v) is 3.53. The molecule has 0 fully saturated rings. The van der Waals surface area contributed by atoms with Crippen LogP contribution in [-0.4, -0.2) is 43.0 Å². The second kappa shape index (κ2) is 11.3. The van der Waals surface area contributed by atoms with E-state index in [2.05, 4.69) is 10.6 Å². The fourth-order valence-electron chi connectivity index (χ4n) is 2.29. The highest BCUT2D eigenvalue weighted by Gasteiger charge is 2.21. The zero-order valence-electron chi connectivity index (χ0n) is 15.6. The first-order valence-electron chi connectivity index (χ1n) is 8.49. The molecule has 0 heterocycles. The first-order chi connectivity index (χ1) is 13.5. The van der Waals surface area contributed by atoms with E-state index < -0.39 is 12.0 Å². The predicted molar refractivity (Wildman–Crippen MR) is 115 cm³/mol. The number of amides is 1. The molecule has 2 N–H and O–H groups in total. The first kappa shape index (κ1) is 21.7. The monoisotopic (exact) mass is 418 g/mol. The summed E-state index contributed by atoms with van der Waals surface area (Å²) in [7, 11) is 2.87. The molecule has 8 heteroatoms. The predicted octanol–water partition coefficient (Wildman–Crippen LogP) is 2.77. The molecule has 0 saturated carbocycles. The summed E-state index contributed by atoms with van der Waals surface area (Å²) in [6.45, 7) is 0. The van der Waals surface area contributed by atoms with E-state index in [9.17, 15) is 9.59 Å². The van der Waals surface area contributed by atoms with Crippen molar-refractivity contribution in [3.63, 3.8) is 0 Å². The molecule has 1 amide bonds. The normalized spacial score (nSPS) is 11.2. The third-order valence-corrected chi connectivity index (χ3v) is 5.09. The lowest BCUT2D eigenvalue weighted by molar-refractivity contribution is -0.142. The van der Waals surface area contributed by atoms with Crippen LogP contribution in [0.1, 0.15) is 15.9 Å². The van der Waals surface area contributed by atoms with E-state index in [1.807, 2.05) is 30.3 Å².